The van der Waals surface area contributed by atoms with E-state index in [1.54, 1.807) is 4.90 Å². The van der Waals surface area contributed by atoms with Gasteiger partial charge in [-0.25, -0.2) is 0 Å². The van der Waals surface area contributed by atoms with Crippen molar-refractivity contribution in [1.82, 2.24) is 10.2 Å². The first kappa shape index (κ1) is 13.3. The minimum Gasteiger partial charge on any atom is -0.392 e. The lowest BCUT2D eigenvalue weighted by molar-refractivity contribution is -0.133. The molecule has 1 saturated carbocycles. The SMILES string of the molecule is CCN1CC(C(=O)NC2CC(O)C2(C)C)CC1=O. The molecule has 0 aromatic rings. The van der Waals surface area contributed by atoms with Gasteiger partial charge in [-0.3, -0.25) is 9.59 Å². The summed E-state index contributed by atoms with van der Waals surface area (Å²) in [5, 5.41) is 12.6. The molecule has 0 aromatic heterocycles. The molecule has 5 heteroatoms. The maximum Gasteiger partial charge on any atom is 0.225 e. The van der Waals surface area contributed by atoms with Crippen molar-refractivity contribution in [3.8, 4) is 0 Å². The Morgan fingerprint density at radius 3 is 2.67 bits per heavy atom. The quantitative estimate of drug-likeness (QED) is 0.752. The second-order valence-corrected chi connectivity index (χ2v) is 5.97. The molecule has 0 radical (unpaired) electrons. The van der Waals surface area contributed by atoms with Crippen LogP contribution in [0.25, 0.3) is 0 Å². The Morgan fingerprint density at radius 1 is 1.56 bits per heavy atom. The number of carbonyl (C=O) groups excluding carboxylic acids is 2. The zero-order chi connectivity index (χ0) is 13.5. The van der Waals surface area contributed by atoms with Gasteiger partial charge in [0.2, 0.25) is 11.8 Å². The van der Waals surface area contributed by atoms with Crippen molar-refractivity contribution in [1.29, 1.82) is 0 Å². The largest absolute Gasteiger partial charge is 0.392 e. The number of nitrogens with zero attached hydrogens (tertiary/aromatic N) is 1. The van der Waals surface area contributed by atoms with Gasteiger partial charge in [0.1, 0.15) is 0 Å². The van der Waals surface area contributed by atoms with Crippen LogP contribution in [0, 0.1) is 11.3 Å². The Kier molecular flexibility index (Phi) is 3.36. The normalized spacial score (nSPS) is 34.3. The highest BCUT2D eigenvalue weighted by molar-refractivity contribution is 5.89. The monoisotopic (exact) mass is 254 g/mol. The van der Waals surface area contributed by atoms with Crippen molar-refractivity contribution >= 4 is 11.8 Å². The average molecular weight is 254 g/mol. The number of amides is 2. The maximum absolute atomic E-state index is 12.1. The highest BCUT2D eigenvalue weighted by Gasteiger charge is 2.48. The number of aliphatic hydroxyl groups excluding tert-OH is 1. The molecule has 2 aliphatic rings. The molecule has 1 heterocycles. The molecule has 2 amide bonds. The number of aliphatic hydroxyl groups is 1. The van der Waals surface area contributed by atoms with Gasteiger partial charge in [-0.1, -0.05) is 13.8 Å². The molecule has 5 nitrogen and oxygen atoms in total. The van der Waals surface area contributed by atoms with Crippen molar-refractivity contribution < 1.29 is 14.7 Å². The van der Waals surface area contributed by atoms with Gasteiger partial charge in [0.15, 0.2) is 0 Å². The fourth-order valence-electron chi connectivity index (χ4n) is 2.69. The van der Waals surface area contributed by atoms with Crippen LogP contribution in [0.2, 0.25) is 0 Å². The van der Waals surface area contributed by atoms with Crippen LogP contribution in [0.5, 0.6) is 0 Å². The Balaban J connectivity index is 1.89. The van der Waals surface area contributed by atoms with Crippen LogP contribution < -0.4 is 5.32 Å². The number of hydrogen-bond donors (Lipinski definition) is 2. The summed E-state index contributed by atoms with van der Waals surface area (Å²) in [4.78, 5) is 25.4. The predicted molar refractivity (Wildman–Crippen MR) is 66.7 cm³/mol. The Labute approximate surface area is 108 Å². The summed E-state index contributed by atoms with van der Waals surface area (Å²) < 4.78 is 0. The topological polar surface area (TPSA) is 69.6 Å². The maximum atomic E-state index is 12.1. The molecule has 102 valence electrons. The van der Waals surface area contributed by atoms with E-state index < -0.39 is 0 Å². The molecule has 2 N–H and O–H groups in total. The Morgan fingerprint density at radius 2 is 2.22 bits per heavy atom. The van der Waals surface area contributed by atoms with Crippen LogP contribution in [0.1, 0.15) is 33.6 Å². The summed E-state index contributed by atoms with van der Waals surface area (Å²) in [7, 11) is 0. The van der Waals surface area contributed by atoms with E-state index in [9.17, 15) is 14.7 Å². The molecule has 3 unspecified atom stereocenters. The molecule has 0 aromatic carbocycles. The molecule has 1 saturated heterocycles. The molecule has 0 spiro atoms. The fourth-order valence-corrected chi connectivity index (χ4v) is 2.69. The summed E-state index contributed by atoms with van der Waals surface area (Å²) in [5.41, 5.74) is -0.261. The summed E-state index contributed by atoms with van der Waals surface area (Å²) in [5.74, 6) is -0.221. The summed E-state index contributed by atoms with van der Waals surface area (Å²) in [6.45, 7) is 7.01. The molecule has 1 aliphatic heterocycles. The van der Waals surface area contributed by atoms with E-state index in [0.717, 1.165) is 0 Å². The van der Waals surface area contributed by atoms with Crippen LogP contribution in [-0.4, -0.2) is 47.1 Å². The Bertz CT molecular complexity index is 367. The van der Waals surface area contributed by atoms with Gasteiger partial charge in [0.05, 0.1) is 12.0 Å². The number of hydrogen-bond acceptors (Lipinski definition) is 3. The lowest BCUT2D eigenvalue weighted by atomic mass is 9.64. The fraction of sp³-hybridized carbons (Fsp3) is 0.846. The van der Waals surface area contributed by atoms with E-state index >= 15 is 0 Å². The van der Waals surface area contributed by atoms with E-state index in [1.807, 2.05) is 20.8 Å². The van der Waals surface area contributed by atoms with Crippen LogP contribution in [0.15, 0.2) is 0 Å². The molecule has 3 atom stereocenters. The molecular formula is C13H22N2O3. The zero-order valence-electron chi connectivity index (χ0n) is 11.3. The molecule has 18 heavy (non-hydrogen) atoms. The van der Waals surface area contributed by atoms with Gasteiger partial charge < -0.3 is 15.3 Å². The first-order valence-corrected chi connectivity index (χ1v) is 6.62. The lowest BCUT2D eigenvalue weighted by Crippen LogP contribution is -2.61. The van der Waals surface area contributed by atoms with Gasteiger partial charge in [-0.2, -0.15) is 0 Å². The van der Waals surface area contributed by atoms with E-state index in [-0.39, 0.29) is 35.3 Å². The summed E-state index contributed by atoms with van der Waals surface area (Å²) in [6, 6.07) is 0.0192. The van der Waals surface area contributed by atoms with Gasteiger partial charge in [-0.05, 0) is 13.3 Å². The van der Waals surface area contributed by atoms with Crippen LogP contribution >= 0.6 is 0 Å². The Hall–Kier alpha value is -1.10. The van der Waals surface area contributed by atoms with E-state index in [4.69, 9.17) is 0 Å². The molecule has 2 fully saturated rings. The number of nitrogens with one attached hydrogen (secondary N) is 1. The minimum atomic E-state index is -0.347. The van der Waals surface area contributed by atoms with Gasteiger partial charge in [0.25, 0.3) is 0 Å². The minimum absolute atomic E-state index is 0.0192. The number of likely N-dealkylation sites (tertiary alicyclic amines) is 1. The average Bonchev–Trinajstić information content (AvgIpc) is 2.70. The van der Waals surface area contributed by atoms with Crippen LogP contribution in [-0.2, 0) is 9.59 Å². The van der Waals surface area contributed by atoms with Crippen LogP contribution in [0.3, 0.4) is 0 Å². The standard InChI is InChI=1S/C13H22N2O3/c1-4-15-7-8(5-11(15)17)12(18)14-9-6-10(16)13(9,2)3/h8-10,16H,4-7H2,1-3H3,(H,14,18). The second-order valence-electron chi connectivity index (χ2n) is 5.97. The summed E-state index contributed by atoms with van der Waals surface area (Å²) >= 11 is 0. The van der Waals surface area contributed by atoms with Crippen molar-refractivity contribution in [3.63, 3.8) is 0 Å². The van der Waals surface area contributed by atoms with Crippen molar-refractivity contribution in [2.75, 3.05) is 13.1 Å². The third-order valence-electron chi connectivity index (χ3n) is 4.50. The van der Waals surface area contributed by atoms with E-state index in [0.29, 0.717) is 25.9 Å². The van der Waals surface area contributed by atoms with Crippen LogP contribution in [0.4, 0.5) is 0 Å². The molecule has 2 rings (SSSR count). The van der Waals surface area contributed by atoms with Crippen molar-refractivity contribution in [2.45, 2.75) is 45.8 Å². The second kappa shape index (κ2) is 4.53. The first-order chi connectivity index (χ1) is 8.36. The molecule has 1 aliphatic carbocycles. The molecular weight excluding hydrogens is 232 g/mol. The highest BCUT2D eigenvalue weighted by atomic mass is 16.3. The van der Waals surface area contributed by atoms with E-state index in [2.05, 4.69) is 5.32 Å². The first-order valence-electron chi connectivity index (χ1n) is 6.62. The third-order valence-corrected chi connectivity index (χ3v) is 4.50. The number of rotatable bonds is 3. The van der Waals surface area contributed by atoms with Gasteiger partial charge in [0, 0.05) is 31.0 Å². The van der Waals surface area contributed by atoms with Gasteiger partial charge >= 0.3 is 0 Å². The predicted octanol–water partition coefficient (Wildman–Crippen LogP) is 0.130. The number of carbonyl (C=O) groups is 2. The lowest BCUT2D eigenvalue weighted by Gasteiger charge is -2.49. The van der Waals surface area contributed by atoms with Gasteiger partial charge in [-0.15, -0.1) is 0 Å². The van der Waals surface area contributed by atoms with Crippen molar-refractivity contribution in [3.05, 3.63) is 0 Å². The molecule has 0 bridgehead atoms. The summed E-state index contributed by atoms with van der Waals surface area (Å²) in [6.07, 6.45) is 0.576. The van der Waals surface area contributed by atoms with E-state index in [1.165, 1.54) is 0 Å². The smallest absolute Gasteiger partial charge is 0.225 e. The third kappa shape index (κ3) is 2.11. The highest BCUT2D eigenvalue weighted by Crippen LogP contribution is 2.40. The van der Waals surface area contributed by atoms with Crippen molar-refractivity contribution in [2.24, 2.45) is 11.3 Å². The zero-order valence-corrected chi connectivity index (χ0v) is 11.3.